The zero-order chi connectivity index (χ0) is 9.15. The third-order valence-corrected chi connectivity index (χ3v) is 4.40. The van der Waals surface area contributed by atoms with Crippen LogP contribution < -0.4 is 0 Å². The van der Waals surface area contributed by atoms with Crippen LogP contribution in [-0.2, 0) is 0 Å². The monoisotopic (exact) mass is 188 g/mol. The van der Waals surface area contributed by atoms with Gasteiger partial charge in [-0.15, -0.1) is 11.6 Å². The number of alkyl halides is 1. The van der Waals surface area contributed by atoms with Crippen molar-refractivity contribution >= 4 is 11.6 Å². The first-order valence-electron chi connectivity index (χ1n) is 4.69. The summed E-state index contributed by atoms with van der Waals surface area (Å²) in [6.45, 7) is 6.65. The van der Waals surface area contributed by atoms with Crippen molar-refractivity contribution in [2.24, 2.45) is 16.7 Å². The summed E-state index contributed by atoms with van der Waals surface area (Å²) in [4.78, 5) is 0. The lowest BCUT2D eigenvalue weighted by molar-refractivity contribution is 0.0334. The van der Waals surface area contributed by atoms with Crippen LogP contribution >= 0.6 is 11.6 Å². The lowest BCUT2D eigenvalue weighted by Crippen LogP contribution is -2.31. The van der Waals surface area contributed by atoms with Crippen LogP contribution in [0.3, 0.4) is 0 Å². The van der Waals surface area contributed by atoms with E-state index in [9.17, 15) is 5.11 Å². The van der Waals surface area contributed by atoms with E-state index >= 15 is 0 Å². The van der Waals surface area contributed by atoms with Crippen molar-refractivity contribution < 1.29 is 5.11 Å². The van der Waals surface area contributed by atoms with E-state index in [1.165, 1.54) is 0 Å². The Balaban J connectivity index is 2.20. The lowest BCUT2D eigenvalue weighted by Gasteiger charge is -2.35. The Bertz CT molecular complexity index is 214. The number of aliphatic hydroxyl groups excluding tert-OH is 1. The van der Waals surface area contributed by atoms with Crippen LogP contribution in [0.25, 0.3) is 0 Å². The first-order valence-corrected chi connectivity index (χ1v) is 5.13. The molecule has 0 unspecified atom stereocenters. The van der Waals surface area contributed by atoms with Crippen molar-refractivity contribution in [1.82, 2.24) is 0 Å². The zero-order valence-electron chi connectivity index (χ0n) is 7.97. The second kappa shape index (κ2) is 2.19. The van der Waals surface area contributed by atoms with E-state index in [0.717, 1.165) is 12.8 Å². The molecular formula is C10H17ClO. The molecule has 0 aromatic carbocycles. The summed E-state index contributed by atoms with van der Waals surface area (Å²) in [6.07, 6.45) is 1.91. The summed E-state index contributed by atoms with van der Waals surface area (Å²) in [6, 6.07) is 0. The normalized spacial score (nSPS) is 56.2. The van der Waals surface area contributed by atoms with E-state index < -0.39 is 0 Å². The Labute approximate surface area is 79.1 Å². The predicted octanol–water partition coefficient (Wildman–Crippen LogP) is 2.41. The van der Waals surface area contributed by atoms with Gasteiger partial charge in [-0.25, -0.2) is 0 Å². The molecule has 70 valence electrons. The van der Waals surface area contributed by atoms with Gasteiger partial charge in [0.05, 0.1) is 6.10 Å². The zero-order valence-corrected chi connectivity index (χ0v) is 8.73. The molecule has 0 radical (unpaired) electrons. The maximum absolute atomic E-state index is 9.81. The van der Waals surface area contributed by atoms with Gasteiger partial charge in [-0.05, 0) is 23.7 Å². The summed E-state index contributed by atoms with van der Waals surface area (Å²) in [7, 11) is 0. The highest BCUT2D eigenvalue weighted by atomic mass is 35.5. The molecule has 0 amide bonds. The molecule has 0 bridgehead atoms. The van der Waals surface area contributed by atoms with Gasteiger partial charge in [-0.1, -0.05) is 20.8 Å². The van der Waals surface area contributed by atoms with Crippen LogP contribution in [0.4, 0.5) is 0 Å². The smallest absolute Gasteiger partial charge is 0.0593 e. The fraction of sp³-hybridized carbons (Fsp3) is 1.00. The van der Waals surface area contributed by atoms with Gasteiger partial charge in [0.1, 0.15) is 0 Å². The molecule has 2 fully saturated rings. The molecular weight excluding hydrogens is 172 g/mol. The largest absolute Gasteiger partial charge is 0.393 e. The molecule has 0 aromatic rings. The number of hydrogen-bond donors (Lipinski definition) is 1. The van der Waals surface area contributed by atoms with Crippen molar-refractivity contribution in [2.45, 2.75) is 45.1 Å². The van der Waals surface area contributed by atoms with Crippen molar-refractivity contribution in [3.8, 4) is 0 Å². The van der Waals surface area contributed by atoms with Crippen molar-refractivity contribution in [2.75, 3.05) is 0 Å². The molecule has 1 nitrogen and oxygen atoms in total. The molecule has 2 saturated carbocycles. The van der Waals surface area contributed by atoms with Gasteiger partial charge < -0.3 is 5.11 Å². The minimum absolute atomic E-state index is 0.166. The highest BCUT2D eigenvalue weighted by Gasteiger charge is 2.67. The average Bonchev–Trinajstić information content (AvgIpc) is 2.30. The van der Waals surface area contributed by atoms with E-state index in [4.69, 9.17) is 11.6 Å². The van der Waals surface area contributed by atoms with Crippen LogP contribution in [0.15, 0.2) is 0 Å². The molecule has 12 heavy (non-hydrogen) atoms. The van der Waals surface area contributed by atoms with Gasteiger partial charge in [0, 0.05) is 11.3 Å². The first kappa shape index (κ1) is 8.83. The fourth-order valence-corrected chi connectivity index (χ4v) is 3.79. The number of rotatable bonds is 0. The number of hydrogen-bond acceptors (Lipinski definition) is 1. The van der Waals surface area contributed by atoms with E-state index in [1.807, 2.05) is 0 Å². The molecule has 0 aromatic heterocycles. The topological polar surface area (TPSA) is 20.2 Å². The molecule has 4 atom stereocenters. The van der Waals surface area contributed by atoms with E-state index in [1.54, 1.807) is 0 Å². The quantitative estimate of drug-likeness (QED) is 0.579. The number of aliphatic hydroxyl groups is 1. The van der Waals surface area contributed by atoms with Crippen LogP contribution in [0.5, 0.6) is 0 Å². The minimum Gasteiger partial charge on any atom is -0.393 e. The fourth-order valence-electron chi connectivity index (χ4n) is 3.19. The maximum Gasteiger partial charge on any atom is 0.0593 e. The Hall–Kier alpha value is 0.250. The second-order valence-corrected chi connectivity index (χ2v) is 6.02. The maximum atomic E-state index is 9.81. The van der Waals surface area contributed by atoms with Gasteiger partial charge in [-0.3, -0.25) is 0 Å². The van der Waals surface area contributed by atoms with Gasteiger partial charge in [0.25, 0.3) is 0 Å². The van der Waals surface area contributed by atoms with Crippen molar-refractivity contribution in [3.05, 3.63) is 0 Å². The van der Waals surface area contributed by atoms with Crippen LogP contribution in [0.2, 0.25) is 0 Å². The van der Waals surface area contributed by atoms with Crippen molar-refractivity contribution in [3.63, 3.8) is 0 Å². The Kier molecular flexibility index (Phi) is 1.61. The van der Waals surface area contributed by atoms with Crippen LogP contribution in [0, 0.1) is 16.7 Å². The van der Waals surface area contributed by atoms with Gasteiger partial charge in [-0.2, -0.15) is 0 Å². The minimum atomic E-state index is -0.166. The van der Waals surface area contributed by atoms with E-state index in [0.29, 0.717) is 5.92 Å². The second-order valence-electron chi connectivity index (χ2n) is 5.55. The molecule has 0 aliphatic heterocycles. The molecule has 0 saturated heterocycles. The first-order chi connectivity index (χ1) is 5.37. The SMILES string of the molecule is CC1(C)C[C@@H](O)[C@@H]2[C@@H](Cl)[C@]2(C)C1. The van der Waals surface area contributed by atoms with Crippen LogP contribution in [0.1, 0.15) is 33.6 Å². The molecule has 2 rings (SSSR count). The summed E-state index contributed by atoms with van der Waals surface area (Å²) < 4.78 is 0. The molecule has 2 heteroatoms. The molecule has 2 aliphatic carbocycles. The highest BCUT2D eigenvalue weighted by Crippen LogP contribution is 2.67. The average molecular weight is 189 g/mol. The summed E-state index contributed by atoms with van der Waals surface area (Å²) in [5.41, 5.74) is 0.497. The van der Waals surface area contributed by atoms with Gasteiger partial charge in [0.2, 0.25) is 0 Å². The summed E-state index contributed by atoms with van der Waals surface area (Å²) >= 11 is 6.16. The Morgan fingerprint density at radius 1 is 1.33 bits per heavy atom. The molecule has 2 aliphatic rings. The molecule has 0 spiro atoms. The summed E-state index contributed by atoms with van der Waals surface area (Å²) in [5, 5.41) is 10.0. The Morgan fingerprint density at radius 3 is 2.42 bits per heavy atom. The third kappa shape index (κ3) is 1.03. The van der Waals surface area contributed by atoms with Crippen molar-refractivity contribution in [1.29, 1.82) is 0 Å². The number of fused-ring (bicyclic) bond motifs is 1. The van der Waals surface area contributed by atoms with E-state index in [2.05, 4.69) is 20.8 Å². The van der Waals surface area contributed by atoms with Gasteiger partial charge in [0.15, 0.2) is 0 Å². The van der Waals surface area contributed by atoms with E-state index in [-0.39, 0.29) is 22.3 Å². The lowest BCUT2D eigenvalue weighted by atomic mass is 9.71. The standard InChI is InChI=1S/C10H17ClO/c1-9(2)4-6(12)7-8(11)10(7,3)5-9/h6-8,12H,4-5H2,1-3H3/t6-,7-,8-,10-/m1/s1. The Morgan fingerprint density at radius 2 is 1.92 bits per heavy atom. The molecule has 1 N–H and O–H groups in total. The summed E-state index contributed by atoms with van der Waals surface area (Å²) in [5.74, 6) is 0.368. The van der Waals surface area contributed by atoms with Crippen LogP contribution in [-0.4, -0.2) is 16.6 Å². The molecule has 0 heterocycles. The highest BCUT2D eigenvalue weighted by molar-refractivity contribution is 6.23. The number of halogens is 1. The third-order valence-electron chi connectivity index (χ3n) is 3.63. The van der Waals surface area contributed by atoms with Gasteiger partial charge >= 0.3 is 0 Å². The predicted molar refractivity (Wildman–Crippen MR) is 50.3 cm³/mol.